The number of amides is 2. The number of halogens is 1. The molecule has 0 aromatic heterocycles. The molecule has 0 saturated carbocycles. The van der Waals surface area contributed by atoms with Crippen LogP contribution in [0.1, 0.15) is 0 Å². The third-order valence-corrected chi connectivity index (χ3v) is 2.15. The molecule has 0 saturated heterocycles. The summed E-state index contributed by atoms with van der Waals surface area (Å²) in [6.45, 7) is -0.144. The largest absolute Gasteiger partial charge is 0.480 e. The Bertz CT molecular complexity index is 408. The summed E-state index contributed by atoms with van der Waals surface area (Å²) in [6, 6.07) is 4.85. The van der Waals surface area contributed by atoms with Crippen molar-refractivity contribution in [3.05, 3.63) is 29.3 Å². The van der Waals surface area contributed by atoms with Gasteiger partial charge in [-0.15, -0.1) is 0 Å². The van der Waals surface area contributed by atoms with Gasteiger partial charge in [0.2, 0.25) is 0 Å². The highest BCUT2D eigenvalue weighted by Crippen LogP contribution is 2.12. The summed E-state index contributed by atoms with van der Waals surface area (Å²) in [5, 5.41) is 13.9. The van der Waals surface area contributed by atoms with E-state index in [-0.39, 0.29) is 6.54 Å². The number of hydrogen-bond donors (Lipinski definition) is 4. The smallest absolute Gasteiger partial charge is 0.322 e. The molecule has 0 aliphatic rings. The van der Waals surface area contributed by atoms with E-state index in [1.54, 1.807) is 24.3 Å². The van der Waals surface area contributed by atoms with Gasteiger partial charge in [0, 0.05) is 17.3 Å². The second-order valence-electron chi connectivity index (χ2n) is 3.29. The summed E-state index contributed by atoms with van der Waals surface area (Å²) in [7, 11) is 0. The van der Waals surface area contributed by atoms with Gasteiger partial charge >= 0.3 is 12.0 Å². The van der Waals surface area contributed by atoms with Crippen molar-refractivity contribution in [1.29, 1.82) is 0 Å². The van der Waals surface area contributed by atoms with Gasteiger partial charge in [-0.2, -0.15) is 0 Å². The standard InChI is InChI=1S/C10H12ClN3O3/c11-6-1-3-7(4-2-6)14-10(17)13-5-8(12)9(15)16/h1-4,8H,5,12H2,(H,15,16)(H2,13,14,17)/t8-/m0/s1. The maximum Gasteiger partial charge on any atom is 0.322 e. The van der Waals surface area contributed by atoms with Crippen LogP contribution in [0.15, 0.2) is 24.3 Å². The molecular weight excluding hydrogens is 246 g/mol. The predicted octanol–water partition coefficient (Wildman–Crippen LogP) is 0.873. The van der Waals surface area contributed by atoms with Crippen molar-refractivity contribution < 1.29 is 14.7 Å². The molecule has 6 nitrogen and oxygen atoms in total. The highest BCUT2D eigenvalue weighted by molar-refractivity contribution is 6.30. The number of carboxylic acid groups (broad SMARTS) is 1. The van der Waals surface area contributed by atoms with E-state index in [4.69, 9.17) is 22.4 Å². The van der Waals surface area contributed by atoms with E-state index in [0.717, 1.165) is 0 Å². The number of nitrogens with one attached hydrogen (secondary N) is 2. The highest BCUT2D eigenvalue weighted by atomic mass is 35.5. The van der Waals surface area contributed by atoms with Crippen molar-refractivity contribution in [2.45, 2.75) is 6.04 Å². The Kier molecular flexibility index (Phi) is 4.74. The molecular formula is C10H12ClN3O3. The van der Waals surface area contributed by atoms with E-state index >= 15 is 0 Å². The topological polar surface area (TPSA) is 104 Å². The molecule has 17 heavy (non-hydrogen) atoms. The molecule has 5 N–H and O–H groups in total. The minimum Gasteiger partial charge on any atom is -0.480 e. The molecule has 0 bridgehead atoms. The molecule has 0 unspecified atom stereocenters. The first-order chi connectivity index (χ1) is 7.99. The first-order valence-electron chi connectivity index (χ1n) is 4.78. The van der Waals surface area contributed by atoms with Crippen LogP contribution in [0, 0.1) is 0 Å². The van der Waals surface area contributed by atoms with E-state index in [1.807, 2.05) is 0 Å². The highest BCUT2D eigenvalue weighted by Gasteiger charge is 2.12. The summed E-state index contributed by atoms with van der Waals surface area (Å²) in [5.41, 5.74) is 5.77. The number of aliphatic carboxylic acids is 1. The molecule has 0 heterocycles. The third kappa shape index (κ3) is 4.71. The average Bonchev–Trinajstić information content (AvgIpc) is 2.29. The van der Waals surface area contributed by atoms with E-state index < -0.39 is 18.0 Å². The molecule has 1 rings (SSSR count). The molecule has 0 aliphatic carbocycles. The minimum atomic E-state index is -1.17. The fraction of sp³-hybridized carbons (Fsp3) is 0.200. The quantitative estimate of drug-likeness (QED) is 0.642. The summed E-state index contributed by atoms with van der Waals surface area (Å²) in [6.07, 6.45) is 0. The summed E-state index contributed by atoms with van der Waals surface area (Å²) >= 11 is 5.68. The third-order valence-electron chi connectivity index (χ3n) is 1.90. The monoisotopic (exact) mass is 257 g/mol. The van der Waals surface area contributed by atoms with Gasteiger partial charge in [0.25, 0.3) is 0 Å². The normalized spacial score (nSPS) is 11.6. The molecule has 1 aromatic carbocycles. The number of hydrogen-bond acceptors (Lipinski definition) is 3. The Hall–Kier alpha value is -1.79. The van der Waals surface area contributed by atoms with Crippen LogP contribution in [0.2, 0.25) is 5.02 Å². The maximum absolute atomic E-state index is 11.3. The Morgan fingerprint density at radius 3 is 2.47 bits per heavy atom. The van der Waals surface area contributed by atoms with Crippen molar-refractivity contribution in [2.75, 3.05) is 11.9 Å². The molecule has 92 valence electrons. The number of carbonyl (C=O) groups excluding carboxylic acids is 1. The maximum atomic E-state index is 11.3. The number of anilines is 1. The Morgan fingerprint density at radius 1 is 1.35 bits per heavy atom. The van der Waals surface area contributed by atoms with Crippen molar-refractivity contribution in [3.63, 3.8) is 0 Å². The van der Waals surface area contributed by atoms with Crippen LogP contribution in [-0.2, 0) is 4.79 Å². The van der Waals surface area contributed by atoms with Crippen LogP contribution in [0.3, 0.4) is 0 Å². The summed E-state index contributed by atoms with van der Waals surface area (Å²) < 4.78 is 0. The SMILES string of the molecule is N[C@@H](CNC(=O)Nc1ccc(Cl)cc1)C(=O)O. The number of carboxylic acids is 1. The molecule has 0 spiro atoms. The second kappa shape index (κ2) is 6.07. The van der Waals surface area contributed by atoms with E-state index in [0.29, 0.717) is 10.7 Å². The van der Waals surface area contributed by atoms with E-state index in [9.17, 15) is 9.59 Å². The van der Waals surface area contributed by atoms with Gasteiger partial charge in [0.1, 0.15) is 6.04 Å². The lowest BCUT2D eigenvalue weighted by Gasteiger charge is -2.09. The number of rotatable bonds is 4. The van der Waals surface area contributed by atoms with E-state index in [2.05, 4.69) is 10.6 Å². The Labute approximate surface area is 103 Å². The van der Waals surface area contributed by atoms with E-state index in [1.165, 1.54) is 0 Å². The van der Waals surface area contributed by atoms with Crippen molar-refractivity contribution in [2.24, 2.45) is 5.73 Å². The minimum absolute atomic E-state index is 0.144. The van der Waals surface area contributed by atoms with Gasteiger partial charge in [-0.3, -0.25) is 4.79 Å². The number of carbonyl (C=O) groups is 2. The zero-order valence-corrected chi connectivity index (χ0v) is 9.57. The van der Waals surface area contributed by atoms with Crippen molar-refractivity contribution in [3.8, 4) is 0 Å². The van der Waals surface area contributed by atoms with Gasteiger partial charge in [-0.25, -0.2) is 4.79 Å². The van der Waals surface area contributed by atoms with Crippen molar-refractivity contribution in [1.82, 2.24) is 5.32 Å². The zero-order chi connectivity index (χ0) is 12.8. The molecule has 0 aliphatic heterocycles. The molecule has 1 aromatic rings. The fourth-order valence-corrected chi connectivity index (χ4v) is 1.12. The fourth-order valence-electron chi connectivity index (χ4n) is 0.998. The Balaban J connectivity index is 2.39. The summed E-state index contributed by atoms with van der Waals surface area (Å²) in [4.78, 5) is 21.7. The number of urea groups is 1. The van der Waals surface area contributed by atoms with Gasteiger partial charge in [-0.1, -0.05) is 11.6 Å². The van der Waals surface area contributed by atoms with Gasteiger partial charge < -0.3 is 21.5 Å². The molecule has 0 radical (unpaired) electrons. The van der Waals surface area contributed by atoms with Gasteiger partial charge in [0.15, 0.2) is 0 Å². The van der Waals surface area contributed by atoms with Crippen molar-refractivity contribution >= 4 is 29.3 Å². The second-order valence-corrected chi connectivity index (χ2v) is 3.72. The van der Waals surface area contributed by atoms with Gasteiger partial charge in [0.05, 0.1) is 0 Å². The zero-order valence-electron chi connectivity index (χ0n) is 8.81. The first-order valence-corrected chi connectivity index (χ1v) is 5.15. The van der Waals surface area contributed by atoms with Crippen LogP contribution in [-0.4, -0.2) is 29.7 Å². The lowest BCUT2D eigenvalue weighted by atomic mass is 10.3. The number of benzene rings is 1. The van der Waals surface area contributed by atoms with Crippen LogP contribution < -0.4 is 16.4 Å². The van der Waals surface area contributed by atoms with Crippen LogP contribution in [0.25, 0.3) is 0 Å². The first kappa shape index (κ1) is 13.3. The molecule has 2 amide bonds. The Morgan fingerprint density at radius 2 is 1.94 bits per heavy atom. The van der Waals surface area contributed by atoms with Crippen LogP contribution in [0.5, 0.6) is 0 Å². The predicted molar refractivity (Wildman–Crippen MR) is 64.1 cm³/mol. The molecule has 1 atom stereocenters. The van der Waals surface area contributed by atoms with Gasteiger partial charge in [-0.05, 0) is 24.3 Å². The number of nitrogens with two attached hydrogens (primary N) is 1. The lowest BCUT2D eigenvalue weighted by molar-refractivity contribution is -0.138. The molecule has 7 heteroatoms. The molecule has 0 fully saturated rings. The van der Waals surface area contributed by atoms with Crippen LogP contribution in [0.4, 0.5) is 10.5 Å². The lowest BCUT2D eigenvalue weighted by Crippen LogP contribution is -2.43. The summed E-state index contributed by atoms with van der Waals surface area (Å²) in [5.74, 6) is -1.17. The van der Waals surface area contributed by atoms with Crippen LogP contribution >= 0.6 is 11.6 Å². The average molecular weight is 258 g/mol.